The highest BCUT2D eigenvalue weighted by atomic mass is 19.1. The van der Waals surface area contributed by atoms with E-state index < -0.39 is 5.95 Å². The zero-order valence-corrected chi connectivity index (χ0v) is 5.55. The molecule has 0 aliphatic heterocycles. The molecule has 0 spiro atoms. The Hall–Kier alpha value is -0.960. The van der Waals surface area contributed by atoms with Gasteiger partial charge in [-0.3, -0.25) is 0 Å². The fourth-order valence-electron chi connectivity index (χ4n) is 0.761. The lowest BCUT2D eigenvalue weighted by Gasteiger charge is -1.96. The maximum atomic E-state index is 12.6. The lowest BCUT2D eigenvalue weighted by atomic mass is 10.2. The van der Waals surface area contributed by atoms with E-state index in [1.807, 2.05) is 0 Å². The number of halogens is 1. The minimum atomic E-state index is -0.409. The molecular formula is C7H9FN2. The predicted octanol–water partition coefficient (Wildman–Crippen LogP) is 0.722. The zero-order valence-electron chi connectivity index (χ0n) is 5.55. The molecule has 1 aromatic heterocycles. The van der Waals surface area contributed by atoms with Gasteiger partial charge < -0.3 is 5.73 Å². The van der Waals surface area contributed by atoms with Crippen LogP contribution in [-0.4, -0.2) is 11.5 Å². The van der Waals surface area contributed by atoms with Gasteiger partial charge in [0, 0.05) is 11.8 Å². The molecule has 0 aromatic carbocycles. The van der Waals surface area contributed by atoms with Crippen molar-refractivity contribution < 1.29 is 4.39 Å². The molecule has 0 bridgehead atoms. The molecule has 0 saturated heterocycles. The maximum absolute atomic E-state index is 12.6. The summed E-state index contributed by atoms with van der Waals surface area (Å²) in [7, 11) is 0. The number of rotatable bonds is 2. The fourth-order valence-corrected chi connectivity index (χ4v) is 0.761. The van der Waals surface area contributed by atoms with Crippen molar-refractivity contribution in [2.24, 2.45) is 5.73 Å². The second kappa shape index (κ2) is 3.27. The number of nitrogens with zero attached hydrogens (tertiary/aromatic N) is 1. The number of nitrogens with two attached hydrogens (primary N) is 1. The molecule has 1 aromatic rings. The summed E-state index contributed by atoms with van der Waals surface area (Å²) in [5.41, 5.74) is 5.82. The van der Waals surface area contributed by atoms with Crippen LogP contribution in [0.3, 0.4) is 0 Å². The van der Waals surface area contributed by atoms with Crippen molar-refractivity contribution in [2.45, 2.75) is 6.42 Å². The van der Waals surface area contributed by atoms with E-state index in [0.29, 0.717) is 18.5 Å². The van der Waals surface area contributed by atoms with Gasteiger partial charge in [0.25, 0.3) is 0 Å². The number of pyridine rings is 1. The van der Waals surface area contributed by atoms with Gasteiger partial charge in [-0.15, -0.1) is 0 Å². The van der Waals surface area contributed by atoms with E-state index in [0.717, 1.165) is 0 Å². The summed E-state index contributed by atoms with van der Waals surface area (Å²) in [5.74, 6) is -0.409. The molecular weight excluding hydrogens is 131 g/mol. The van der Waals surface area contributed by atoms with Crippen molar-refractivity contribution >= 4 is 0 Å². The van der Waals surface area contributed by atoms with Crippen LogP contribution in [0.25, 0.3) is 0 Å². The standard InChI is InChI=1S/C7H9FN2/c8-7-6(3-4-9)2-1-5-10-7/h1-2,5H,3-4,9H2. The lowest BCUT2D eigenvalue weighted by Crippen LogP contribution is -2.04. The second-order valence-corrected chi connectivity index (χ2v) is 1.99. The third-order valence-electron chi connectivity index (χ3n) is 1.25. The lowest BCUT2D eigenvalue weighted by molar-refractivity contribution is 0.566. The molecule has 1 rings (SSSR count). The van der Waals surface area contributed by atoms with Crippen LogP contribution in [0.2, 0.25) is 0 Å². The zero-order chi connectivity index (χ0) is 7.40. The first-order valence-corrected chi connectivity index (χ1v) is 3.14. The van der Waals surface area contributed by atoms with E-state index >= 15 is 0 Å². The molecule has 0 unspecified atom stereocenters. The minimum Gasteiger partial charge on any atom is -0.330 e. The Balaban J connectivity index is 2.81. The number of hydrogen-bond donors (Lipinski definition) is 1. The number of aromatic nitrogens is 1. The Morgan fingerprint density at radius 1 is 1.60 bits per heavy atom. The third-order valence-corrected chi connectivity index (χ3v) is 1.25. The second-order valence-electron chi connectivity index (χ2n) is 1.99. The molecule has 0 aliphatic rings. The minimum absolute atomic E-state index is 0.409. The van der Waals surface area contributed by atoms with Crippen molar-refractivity contribution in [1.82, 2.24) is 4.98 Å². The molecule has 0 saturated carbocycles. The molecule has 2 nitrogen and oxygen atoms in total. The largest absolute Gasteiger partial charge is 0.330 e. The topological polar surface area (TPSA) is 38.9 Å². The Kier molecular flexibility index (Phi) is 2.34. The number of hydrogen-bond acceptors (Lipinski definition) is 2. The normalized spacial score (nSPS) is 9.80. The Labute approximate surface area is 58.9 Å². The first kappa shape index (κ1) is 7.15. The van der Waals surface area contributed by atoms with Crippen molar-refractivity contribution in [3.05, 3.63) is 29.8 Å². The molecule has 0 aliphatic carbocycles. The fraction of sp³-hybridized carbons (Fsp3) is 0.286. The Bertz CT molecular complexity index is 213. The van der Waals surface area contributed by atoms with Gasteiger partial charge in [0.2, 0.25) is 5.95 Å². The van der Waals surface area contributed by atoms with E-state index in [4.69, 9.17) is 5.73 Å². The summed E-state index contributed by atoms with van der Waals surface area (Å²) in [4.78, 5) is 3.48. The van der Waals surface area contributed by atoms with Crippen LogP contribution in [0.5, 0.6) is 0 Å². The van der Waals surface area contributed by atoms with Gasteiger partial charge >= 0.3 is 0 Å². The van der Waals surface area contributed by atoms with E-state index in [1.165, 1.54) is 6.20 Å². The van der Waals surface area contributed by atoms with Crippen LogP contribution in [-0.2, 0) is 6.42 Å². The monoisotopic (exact) mass is 140 g/mol. The van der Waals surface area contributed by atoms with Gasteiger partial charge in [0.15, 0.2) is 0 Å². The average molecular weight is 140 g/mol. The van der Waals surface area contributed by atoms with Crippen molar-refractivity contribution in [2.75, 3.05) is 6.54 Å². The highest BCUT2D eigenvalue weighted by molar-refractivity contribution is 5.10. The first-order chi connectivity index (χ1) is 4.84. The Morgan fingerprint density at radius 2 is 2.40 bits per heavy atom. The summed E-state index contributed by atoms with van der Waals surface area (Å²) in [6.45, 7) is 0.461. The van der Waals surface area contributed by atoms with E-state index in [1.54, 1.807) is 12.1 Å². The van der Waals surface area contributed by atoms with Crippen LogP contribution in [0.15, 0.2) is 18.3 Å². The van der Waals surface area contributed by atoms with Gasteiger partial charge in [-0.25, -0.2) is 4.98 Å². The van der Waals surface area contributed by atoms with E-state index in [2.05, 4.69) is 4.98 Å². The van der Waals surface area contributed by atoms with Crippen LogP contribution in [0, 0.1) is 5.95 Å². The van der Waals surface area contributed by atoms with Crippen LogP contribution in [0.1, 0.15) is 5.56 Å². The molecule has 2 N–H and O–H groups in total. The van der Waals surface area contributed by atoms with Gasteiger partial charge in [-0.2, -0.15) is 4.39 Å². The predicted molar refractivity (Wildman–Crippen MR) is 37.0 cm³/mol. The summed E-state index contributed by atoms with van der Waals surface area (Å²) in [5, 5.41) is 0. The quantitative estimate of drug-likeness (QED) is 0.615. The maximum Gasteiger partial charge on any atom is 0.216 e. The van der Waals surface area contributed by atoms with Gasteiger partial charge in [-0.05, 0) is 19.0 Å². The molecule has 0 fully saturated rings. The molecule has 10 heavy (non-hydrogen) atoms. The summed E-state index contributed by atoms with van der Waals surface area (Å²) in [6, 6.07) is 3.39. The van der Waals surface area contributed by atoms with E-state index in [9.17, 15) is 4.39 Å². The SMILES string of the molecule is NCCc1cccnc1F. The highest BCUT2D eigenvalue weighted by Gasteiger charge is 1.98. The smallest absolute Gasteiger partial charge is 0.216 e. The molecule has 1 heterocycles. The van der Waals surface area contributed by atoms with Gasteiger partial charge in [0.1, 0.15) is 0 Å². The molecule has 0 radical (unpaired) electrons. The van der Waals surface area contributed by atoms with Crippen molar-refractivity contribution in [3.63, 3.8) is 0 Å². The molecule has 3 heteroatoms. The molecule has 0 amide bonds. The van der Waals surface area contributed by atoms with Crippen molar-refractivity contribution in [1.29, 1.82) is 0 Å². The third kappa shape index (κ3) is 1.51. The summed E-state index contributed by atoms with van der Waals surface area (Å²) in [6.07, 6.45) is 1.98. The first-order valence-electron chi connectivity index (χ1n) is 3.14. The van der Waals surface area contributed by atoms with Gasteiger partial charge in [0.05, 0.1) is 0 Å². The summed E-state index contributed by atoms with van der Waals surface area (Å²) >= 11 is 0. The van der Waals surface area contributed by atoms with Crippen LogP contribution < -0.4 is 5.73 Å². The van der Waals surface area contributed by atoms with Crippen LogP contribution >= 0.6 is 0 Å². The Morgan fingerprint density at radius 3 is 3.00 bits per heavy atom. The van der Waals surface area contributed by atoms with Gasteiger partial charge in [-0.1, -0.05) is 6.07 Å². The van der Waals surface area contributed by atoms with Crippen LogP contribution in [0.4, 0.5) is 4.39 Å². The highest BCUT2D eigenvalue weighted by Crippen LogP contribution is 2.01. The summed E-state index contributed by atoms with van der Waals surface area (Å²) < 4.78 is 12.6. The van der Waals surface area contributed by atoms with E-state index in [-0.39, 0.29) is 0 Å². The average Bonchev–Trinajstić information content (AvgIpc) is 1.94. The van der Waals surface area contributed by atoms with Crippen molar-refractivity contribution in [3.8, 4) is 0 Å². The molecule has 0 atom stereocenters. The molecule has 54 valence electrons.